The first-order chi connectivity index (χ1) is 11.0. The van der Waals surface area contributed by atoms with Crippen LogP contribution >= 0.6 is 22.6 Å². The van der Waals surface area contributed by atoms with Gasteiger partial charge in [0.15, 0.2) is 0 Å². The number of ether oxygens (including phenoxy) is 1. The molecule has 0 spiro atoms. The fourth-order valence-electron chi connectivity index (χ4n) is 2.34. The lowest BCUT2D eigenvalue weighted by Gasteiger charge is -2.25. The number of likely N-dealkylation sites (N-methyl/N-ethyl adjacent to an activating group) is 1. The summed E-state index contributed by atoms with van der Waals surface area (Å²) in [4.78, 5) is 14.4. The first-order valence-electron chi connectivity index (χ1n) is 7.35. The van der Waals surface area contributed by atoms with Crippen molar-refractivity contribution in [1.29, 1.82) is 0 Å². The lowest BCUT2D eigenvalue weighted by Crippen LogP contribution is -2.34. The highest BCUT2D eigenvalue weighted by molar-refractivity contribution is 14.1. The summed E-state index contributed by atoms with van der Waals surface area (Å²) in [6.45, 7) is 0.533. The smallest absolute Gasteiger partial charge is 0.251 e. The number of carbonyl (C=O) groups excluding carboxylic acids is 1. The van der Waals surface area contributed by atoms with Crippen molar-refractivity contribution in [2.24, 2.45) is 0 Å². The van der Waals surface area contributed by atoms with Gasteiger partial charge in [0.2, 0.25) is 0 Å². The molecule has 23 heavy (non-hydrogen) atoms. The molecule has 2 aromatic carbocycles. The number of rotatable bonds is 6. The fraction of sp³-hybridized carbons (Fsp3) is 0.278. The Bertz CT molecular complexity index is 656. The Morgan fingerprint density at radius 2 is 1.91 bits per heavy atom. The molecule has 0 aliphatic carbocycles. The minimum atomic E-state index is -0.0591. The van der Waals surface area contributed by atoms with Gasteiger partial charge in [0, 0.05) is 15.7 Å². The van der Waals surface area contributed by atoms with Crippen LogP contribution in [0.1, 0.15) is 22.0 Å². The molecule has 0 radical (unpaired) electrons. The zero-order valence-corrected chi connectivity index (χ0v) is 15.7. The van der Waals surface area contributed by atoms with E-state index in [0.717, 1.165) is 14.9 Å². The maximum absolute atomic E-state index is 12.3. The van der Waals surface area contributed by atoms with Gasteiger partial charge in [0.25, 0.3) is 5.91 Å². The Labute approximate surface area is 151 Å². The lowest BCUT2D eigenvalue weighted by atomic mass is 10.1. The van der Waals surface area contributed by atoms with E-state index in [2.05, 4.69) is 32.8 Å². The second kappa shape index (κ2) is 8.31. The highest BCUT2D eigenvalue weighted by Gasteiger charge is 2.16. The van der Waals surface area contributed by atoms with E-state index >= 15 is 0 Å². The molecular weight excluding hydrogens is 403 g/mol. The Hall–Kier alpha value is -1.60. The van der Waals surface area contributed by atoms with Crippen LogP contribution in [-0.4, -0.2) is 38.6 Å². The zero-order chi connectivity index (χ0) is 16.8. The van der Waals surface area contributed by atoms with Crippen LogP contribution in [0.5, 0.6) is 5.75 Å². The molecule has 0 saturated heterocycles. The van der Waals surface area contributed by atoms with Crippen LogP contribution in [-0.2, 0) is 0 Å². The molecule has 0 fully saturated rings. The van der Waals surface area contributed by atoms with Crippen LogP contribution in [0.2, 0.25) is 0 Å². The number of amides is 1. The van der Waals surface area contributed by atoms with Crippen LogP contribution < -0.4 is 10.1 Å². The Morgan fingerprint density at radius 3 is 2.52 bits per heavy atom. The molecule has 0 saturated carbocycles. The van der Waals surface area contributed by atoms with Crippen molar-refractivity contribution < 1.29 is 9.53 Å². The molecule has 4 nitrogen and oxygen atoms in total. The molecule has 5 heteroatoms. The van der Waals surface area contributed by atoms with Crippen molar-refractivity contribution in [2.45, 2.75) is 6.04 Å². The molecule has 1 N–H and O–H groups in total. The second-order valence-electron chi connectivity index (χ2n) is 5.47. The summed E-state index contributed by atoms with van der Waals surface area (Å²) in [6.07, 6.45) is 0. The van der Waals surface area contributed by atoms with E-state index in [1.807, 2.05) is 62.6 Å². The monoisotopic (exact) mass is 424 g/mol. The summed E-state index contributed by atoms with van der Waals surface area (Å²) < 4.78 is 6.40. The zero-order valence-electron chi connectivity index (χ0n) is 13.5. The van der Waals surface area contributed by atoms with E-state index in [1.54, 1.807) is 7.11 Å². The molecule has 0 aromatic heterocycles. The molecule has 0 aliphatic rings. The van der Waals surface area contributed by atoms with Gasteiger partial charge in [-0.25, -0.2) is 0 Å². The van der Waals surface area contributed by atoms with Crippen LogP contribution in [0.15, 0.2) is 48.5 Å². The van der Waals surface area contributed by atoms with Gasteiger partial charge in [-0.15, -0.1) is 0 Å². The predicted molar refractivity (Wildman–Crippen MR) is 101 cm³/mol. The topological polar surface area (TPSA) is 41.6 Å². The SMILES string of the molecule is COc1cccc(C(CNC(=O)c2ccc(I)cc2)N(C)C)c1. The lowest BCUT2D eigenvalue weighted by molar-refractivity contribution is 0.0942. The van der Waals surface area contributed by atoms with Gasteiger partial charge >= 0.3 is 0 Å². The highest BCUT2D eigenvalue weighted by Crippen LogP contribution is 2.22. The molecular formula is C18H21IN2O2. The number of benzene rings is 2. The summed E-state index contributed by atoms with van der Waals surface area (Å²) in [5.74, 6) is 0.759. The molecule has 2 rings (SSSR count). The summed E-state index contributed by atoms with van der Waals surface area (Å²) in [5.41, 5.74) is 1.78. The number of nitrogens with zero attached hydrogens (tertiary/aromatic N) is 1. The minimum Gasteiger partial charge on any atom is -0.497 e. The van der Waals surface area contributed by atoms with E-state index in [1.165, 1.54) is 0 Å². The molecule has 0 heterocycles. The van der Waals surface area contributed by atoms with Crippen LogP contribution in [0.3, 0.4) is 0 Å². The van der Waals surface area contributed by atoms with E-state index in [-0.39, 0.29) is 11.9 Å². The van der Waals surface area contributed by atoms with Crippen molar-refractivity contribution in [3.63, 3.8) is 0 Å². The fourth-order valence-corrected chi connectivity index (χ4v) is 2.70. The van der Waals surface area contributed by atoms with Crippen molar-refractivity contribution in [2.75, 3.05) is 27.7 Å². The molecule has 2 aromatic rings. The Balaban J connectivity index is 2.07. The van der Waals surface area contributed by atoms with Gasteiger partial charge in [-0.3, -0.25) is 4.79 Å². The Kier molecular flexibility index (Phi) is 6.41. The predicted octanol–water partition coefficient (Wildman–Crippen LogP) is 3.33. The molecule has 0 bridgehead atoms. The second-order valence-corrected chi connectivity index (χ2v) is 6.72. The average Bonchev–Trinajstić information content (AvgIpc) is 2.55. The summed E-state index contributed by atoms with van der Waals surface area (Å²) in [7, 11) is 5.66. The third kappa shape index (κ3) is 4.94. The van der Waals surface area contributed by atoms with Crippen molar-refractivity contribution in [3.8, 4) is 5.75 Å². The van der Waals surface area contributed by atoms with Crippen LogP contribution in [0.4, 0.5) is 0 Å². The normalized spacial score (nSPS) is 12.0. The molecule has 1 atom stereocenters. The number of methoxy groups -OCH3 is 1. The van der Waals surface area contributed by atoms with Gasteiger partial charge in [-0.2, -0.15) is 0 Å². The van der Waals surface area contributed by atoms with E-state index in [9.17, 15) is 4.79 Å². The van der Waals surface area contributed by atoms with Gasteiger partial charge in [0.05, 0.1) is 13.2 Å². The quantitative estimate of drug-likeness (QED) is 0.724. The van der Waals surface area contributed by atoms with Gasteiger partial charge in [0.1, 0.15) is 5.75 Å². The number of hydrogen-bond acceptors (Lipinski definition) is 3. The molecule has 0 aliphatic heterocycles. The van der Waals surface area contributed by atoms with Crippen molar-refractivity contribution in [1.82, 2.24) is 10.2 Å². The van der Waals surface area contributed by atoms with Crippen molar-refractivity contribution >= 4 is 28.5 Å². The van der Waals surface area contributed by atoms with Crippen molar-refractivity contribution in [3.05, 3.63) is 63.2 Å². The van der Waals surface area contributed by atoms with Crippen LogP contribution in [0, 0.1) is 3.57 Å². The maximum Gasteiger partial charge on any atom is 0.251 e. The Morgan fingerprint density at radius 1 is 1.22 bits per heavy atom. The third-order valence-corrected chi connectivity index (χ3v) is 4.38. The third-order valence-electron chi connectivity index (χ3n) is 3.66. The average molecular weight is 424 g/mol. The maximum atomic E-state index is 12.3. The van der Waals surface area contributed by atoms with Gasteiger partial charge in [-0.1, -0.05) is 12.1 Å². The minimum absolute atomic E-state index is 0.0591. The van der Waals surface area contributed by atoms with E-state index < -0.39 is 0 Å². The van der Waals surface area contributed by atoms with Gasteiger partial charge < -0.3 is 15.0 Å². The number of nitrogens with one attached hydrogen (secondary N) is 1. The molecule has 122 valence electrons. The molecule has 1 amide bonds. The summed E-state index contributed by atoms with van der Waals surface area (Å²) >= 11 is 2.22. The molecule has 1 unspecified atom stereocenters. The number of hydrogen-bond donors (Lipinski definition) is 1. The first-order valence-corrected chi connectivity index (χ1v) is 8.43. The van der Waals surface area contributed by atoms with Crippen LogP contribution in [0.25, 0.3) is 0 Å². The van der Waals surface area contributed by atoms with E-state index in [0.29, 0.717) is 12.1 Å². The number of carbonyl (C=O) groups is 1. The first kappa shape index (κ1) is 17.7. The summed E-state index contributed by atoms with van der Waals surface area (Å²) in [6, 6.07) is 15.6. The highest BCUT2D eigenvalue weighted by atomic mass is 127. The van der Waals surface area contributed by atoms with E-state index in [4.69, 9.17) is 4.74 Å². The largest absolute Gasteiger partial charge is 0.497 e. The summed E-state index contributed by atoms with van der Waals surface area (Å²) in [5, 5.41) is 3.01. The number of halogens is 1. The standard InChI is InChI=1S/C18H21IN2O2/c1-21(2)17(14-5-4-6-16(11-14)23-3)12-20-18(22)13-7-9-15(19)10-8-13/h4-11,17H,12H2,1-3H3,(H,20,22). The van der Waals surface area contributed by atoms with Gasteiger partial charge in [-0.05, 0) is 78.6 Å².